The van der Waals surface area contributed by atoms with Gasteiger partial charge < -0.3 is 5.11 Å². The molecule has 2 rings (SSSR count). The van der Waals surface area contributed by atoms with Gasteiger partial charge in [-0.25, -0.2) is 0 Å². The molecule has 1 aromatic heterocycles. The summed E-state index contributed by atoms with van der Waals surface area (Å²) in [6.07, 6.45) is 2.35. The second-order valence-electron chi connectivity index (χ2n) is 3.71. The van der Waals surface area contributed by atoms with Crippen molar-refractivity contribution in [1.29, 1.82) is 0 Å². The number of pyridine rings is 1. The van der Waals surface area contributed by atoms with Crippen LogP contribution in [0.15, 0.2) is 18.3 Å². The summed E-state index contributed by atoms with van der Waals surface area (Å²) in [7, 11) is 0. The minimum absolute atomic E-state index is 0.152. The Kier molecular flexibility index (Phi) is 2.96. The first-order valence-electron chi connectivity index (χ1n) is 5.10. The number of hydrogen-bond donors (Lipinski definition) is 2. The van der Waals surface area contributed by atoms with E-state index < -0.39 is 5.92 Å². The number of piperidine rings is 1. The van der Waals surface area contributed by atoms with Crippen molar-refractivity contribution in [2.75, 3.05) is 0 Å². The van der Waals surface area contributed by atoms with E-state index in [1.54, 1.807) is 18.3 Å². The molecule has 5 heteroatoms. The van der Waals surface area contributed by atoms with Gasteiger partial charge in [0.2, 0.25) is 11.8 Å². The maximum Gasteiger partial charge on any atom is 0.235 e. The number of carbonyl (C=O) groups excluding carboxylic acids is 2. The first-order chi connectivity index (χ1) is 7.72. The third kappa shape index (κ3) is 1.94. The maximum atomic E-state index is 11.6. The van der Waals surface area contributed by atoms with E-state index in [0.29, 0.717) is 24.1 Å². The van der Waals surface area contributed by atoms with Gasteiger partial charge in [0.1, 0.15) is 0 Å². The fraction of sp³-hybridized carbons (Fsp3) is 0.364. The molecule has 0 radical (unpaired) electrons. The molecule has 0 aromatic carbocycles. The maximum absolute atomic E-state index is 11.6. The Morgan fingerprint density at radius 3 is 3.00 bits per heavy atom. The zero-order valence-corrected chi connectivity index (χ0v) is 8.64. The molecular formula is C11H12N2O3. The van der Waals surface area contributed by atoms with E-state index in [2.05, 4.69) is 10.3 Å². The van der Waals surface area contributed by atoms with Gasteiger partial charge in [0, 0.05) is 12.6 Å². The van der Waals surface area contributed by atoms with E-state index in [0.717, 1.165) is 0 Å². The van der Waals surface area contributed by atoms with Crippen molar-refractivity contribution in [3.8, 4) is 0 Å². The molecule has 0 saturated carbocycles. The fourth-order valence-electron chi connectivity index (χ4n) is 1.85. The number of nitrogens with one attached hydrogen (secondary N) is 1. The highest BCUT2D eigenvalue weighted by atomic mass is 16.3. The van der Waals surface area contributed by atoms with Crippen molar-refractivity contribution in [3.63, 3.8) is 0 Å². The summed E-state index contributed by atoms with van der Waals surface area (Å²) in [6.45, 7) is -0.152. The summed E-state index contributed by atoms with van der Waals surface area (Å²) >= 11 is 0. The van der Waals surface area contributed by atoms with Crippen LogP contribution >= 0.6 is 0 Å². The van der Waals surface area contributed by atoms with E-state index in [4.69, 9.17) is 5.11 Å². The van der Waals surface area contributed by atoms with E-state index in [-0.39, 0.29) is 18.4 Å². The fourth-order valence-corrected chi connectivity index (χ4v) is 1.85. The number of nitrogens with zero attached hydrogens (tertiary/aromatic N) is 1. The van der Waals surface area contributed by atoms with Crippen molar-refractivity contribution < 1.29 is 14.7 Å². The molecule has 1 aromatic rings. The number of hydrogen-bond acceptors (Lipinski definition) is 4. The number of rotatable bonds is 2. The van der Waals surface area contributed by atoms with Crippen LogP contribution < -0.4 is 5.32 Å². The van der Waals surface area contributed by atoms with Gasteiger partial charge in [-0.05, 0) is 18.1 Å². The Morgan fingerprint density at radius 1 is 1.50 bits per heavy atom. The van der Waals surface area contributed by atoms with Crippen molar-refractivity contribution in [3.05, 3.63) is 29.6 Å². The van der Waals surface area contributed by atoms with Gasteiger partial charge in [-0.1, -0.05) is 6.07 Å². The smallest absolute Gasteiger partial charge is 0.235 e. The van der Waals surface area contributed by atoms with Crippen LogP contribution in [-0.2, 0) is 16.2 Å². The van der Waals surface area contributed by atoms with Crippen LogP contribution in [0.5, 0.6) is 0 Å². The zero-order valence-electron chi connectivity index (χ0n) is 8.64. The Balaban J connectivity index is 2.30. The van der Waals surface area contributed by atoms with Crippen LogP contribution in [0.3, 0.4) is 0 Å². The Hall–Kier alpha value is -1.75. The van der Waals surface area contributed by atoms with Crippen LogP contribution in [0.2, 0.25) is 0 Å². The summed E-state index contributed by atoms with van der Waals surface area (Å²) in [5.41, 5.74) is 1.20. The number of imide groups is 1. The molecule has 2 heterocycles. The highest BCUT2D eigenvalue weighted by molar-refractivity contribution is 6.00. The summed E-state index contributed by atoms with van der Waals surface area (Å²) in [5, 5.41) is 11.4. The average molecular weight is 220 g/mol. The van der Waals surface area contributed by atoms with Gasteiger partial charge in [-0.2, -0.15) is 0 Å². The van der Waals surface area contributed by atoms with Gasteiger partial charge in [-0.3, -0.25) is 19.9 Å². The molecule has 1 unspecified atom stereocenters. The van der Waals surface area contributed by atoms with Crippen LogP contribution in [0.25, 0.3) is 0 Å². The molecule has 1 fully saturated rings. The summed E-state index contributed by atoms with van der Waals surface area (Å²) in [4.78, 5) is 26.7. The standard InChI is InChI=1S/C11H12N2O3/c14-6-7-2-1-5-12-10(7)8-3-4-9(15)13-11(8)16/h1-2,5,8,14H,3-4,6H2,(H,13,15,16). The number of aromatic nitrogens is 1. The Labute approximate surface area is 92.5 Å². The topological polar surface area (TPSA) is 79.3 Å². The lowest BCUT2D eigenvalue weighted by molar-refractivity contribution is -0.134. The monoisotopic (exact) mass is 220 g/mol. The molecule has 84 valence electrons. The highest BCUT2D eigenvalue weighted by Gasteiger charge is 2.30. The summed E-state index contributed by atoms with van der Waals surface area (Å²) < 4.78 is 0. The Bertz CT molecular complexity index is 431. The average Bonchev–Trinajstić information content (AvgIpc) is 2.29. The predicted molar refractivity (Wildman–Crippen MR) is 55.3 cm³/mol. The zero-order chi connectivity index (χ0) is 11.5. The molecule has 1 aliphatic heterocycles. The molecular weight excluding hydrogens is 208 g/mol. The molecule has 0 bridgehead atoms. The van der Waals surface area contributed by atoms with Crippen LogP contribution in [0.1, 0.15) is 30.0 Å². The number of amides is 2. The van der Waals surface area contributed by atoms with E-state index in [1.807, 2.05) is 0 Å². The molecule has 0 spiro atoms. The van der Waals surface area contributed by atoms with Crippen molar-refractivity contribution >= 4 is 11.8 Å². The van der Waals surface area contributed by atoms with E-state index in [1.165, 1.54) is 0 Å². The van der Waals surface area contributed by atoms with Gasteiger partial charge in [0.05, 0.1) is 18.2 Å². The van der Waals surface area contributed by atoms with Gasteiger partial charge in [0.25, 0.3) is 0 Å². The SMILES string of the molecule is O=C1CCC(c2ncccc2CO)C(=O)N1. The van der Waals surface area contributed by atoms with E-state index >= 15 is 0 Å². The third-order valence-corrected chi connectivity index (χ3v) is 2.67. The van der Waals surface area contributed by atoms with Crippen molar-refractivity contribution in [2.45, 2.75) is 25.4 Å². The molecule has 16 heavy (non-hydrogen) atoms. The normalized spacial score (nSPS) is 20.7. The molecule has 1 atom stereocenters. The third-order valence-electron chi connectivity index (χ3n) is 2.67. The summed E-state index contributed by atoms with van der Waals surface area (Å²) in [5.74, 6) is -1.01. The lowest BCUT2D eigenvalue weighted by Crippen LogP contribution is -2.40. The molecule has 1 aliphatic rings. The lowest BCUT2D eigenvalue weighted by Gasteiger charge is -2.21. The predicted octanol–water partition coefficient (Wildman–Crippen LogP) is 0.0941. The van der Waals surface area contributed by atoms with E-state index in [9.17, 15) is 9.59 Å². The van der Waals surface area contributed by atoms with Crippen molar-refractivity contribution in [1.82, 2.24) is 10.3 Å². The largest absolute Gasteiger partial charge is 0.392 e. The number of carbonyl (C=O) groups is 2. The first-order valence-corrected chi connectivity index (χ1v) is 5.10. The molecule has 1 saturated heterocycles. The molecule has 2 amide bonds. The number of aliphatic hydroxyl groups excluding tert-OH is 1. The minimum Gasteiger partial charge on any atom is -0.392 e. The Morgan fingerprint density at radius 2 is 2.31 bits per heavy atom. The second kappa shape index (κ2) is 4.40. The van der Waals surface area contributed by atoms with Gasteiger partial charge in [-0.15, -0.1) is 0 Å². The lowest BCUT2D eigenvalue weighted by atomic mass is 9.92. The van der Waals surface area contributed by atoms with Crippen molar-refractivity contribution in [2.24, 2.45) is 0 Å². The first kappa shape index (κ1) is 10.8. The molecule has 0 aliphatic carbocycles. The second-order valence-corrected chi connectivity index (χ2v) is 3.71. The molecule has 5 nitrogen and oxygen atoms in total. The van der Waals surface area contributed by atoms with Crippen LogP contribution in [0, 0.1) is 0 Å². The van der Waals surface area contributed by atoms with Crippen LogP contribution in [0.4, 0.5) is 0 Å². The van der Waals surface area contributed by atoms with Gasteiger partial charge in [0.15, 0.2) is 0 Å². The highest BCUT2D eigenvalue weighted by Crippen LogP contribution is 2.25. The van der Waals surface area contributed by atoms with Crippen LogP contribution in [-0.4, -0.2) is 21.9 Å². The quantitative estimate of drug-likeness (QED) is 0.692. The van der Waals surface area contributed by atoms with Gasteiger partial charge >= 0.3 is 0 Å². The summed E-state index contributed by atoms with van der Waals surface area (Å²) in [6, 6.07) is 3.44. The molecule has 2 N–H and O–H groups in total. The number of aliphatic hydroxyl groups is 1. The minimum atomic E-state index is -0.430.